The third-order valence-electron chi connectivity index (χ3n) is 3.95. The van der Waals surface area contributed by atoms with Crippen LogP contribution in [-0.2, 0) is 0 Å². The number of rotatable bonds is 3. The first-order valence-electron chi connectivity index (χ1n) is 5.73. The highest BCUT2D eigenvalue weighted by atomic mass is 16.3. The van der Waals surface area contributed by atoms with E-state index in [0.717, 1.165) is 0 Å². The Morgan fingerprint density at radius 2 is 1.77 bits per heavy atom. The second-order valence-electron chi connectivity index (χ2n) is 5.00. The van der Waals surface area contributed by atoms with Gasteiger partial charge in [-0.1, -0.05) is 6.08 Å². The van der Waals surface area contributed by atoms with Crippen LogP contribution >= 0.6 is 0 Å². The highest BCUT2D eigenvalue weighted by Gasteiger charge is 2.55. The van der Waals surface area contributed by atoms with Crippen molar-refractivity contribution in [3.63, 3.8) is 0 Å². The topological polar surface area (TPSA) is 20.2 Å². The van der Waals surface area contributed by atoms with Crippen molar-refractivity contribution in [2.45, 2.75) is 50.5 Å². The zero-order valence-electron chi connectivity index (χ0n) is 8.13. The van der Waals surface area contributed by atoms with Gasteiger partial charge in [0, 0.05) is 0 Å². The minimum atomic E-state index is -0.337. The first kappa shape index (κ1) is 8.05. The molecule has 1 N–H and O–H groups in total. The molecule has 1 nitrogen and oxygen atoms in total. The quantitative estimate of drug-likeness (QED) is 0.659. The van der Waals surface area contributed by atoms with Gasteiger partial charge in [-0.05, 0) is 62.4 Å². The van der Waals surface area contributed by atoms with Gasteiger partial charge in [-0.25, -0.2) is 0 Å². The highest BCUT2D eigenvalue weighted by molar-refractivity contribution is 5.27. The van der Waals surface area contributed by atoms with Crippen molar-refractivity contribution in [3.05, 3.63) is 11.6 Å². The van der Waals surface area contributed by atoms with E-state index in [1.165, 1.54) is 50.5 Å². The Morgan fingerprint density at radius 3 is 2.15 bits per heavy atom. The van der Waals surface area contributed by atoms with Crippen molar-refractivity contribution in [1.29, 1.82) is 0 Å². The molecule has 0 saturated heterocycles. The summed E-state index contributed by atoms with van der Waals surface area (Å²) in [5.74, 6) is 1.26. The van der Waals surface area contributed by atoms with Crippen LogP contribution in [0, 0.1) is 11.8 Å². The molecule has 0 unspecified atom stereocenters. The molecule has 0 aromatic carbocycles. The highest BCUT2D eigenvalue weighted by Crippen LogP contribution is 2.56. The molecule has 2 fully saturated rings. The molecule has 0 aliphatic heterocycles. The summed E-state index contributed by atoms with van der Waals surface area (Å²) in [4.78, 5) is 0. The van der Waals surface area contributed by atoms with Crippen molar-refractivity contribution in [2.75, 3.05) is 0 Å². The molecule has 0 radical (unpaired) electrons. The molecule has 0 spiro atoms. The molecule has 72 valence electrons. The predicted octanol–water partition coefficient (Wildman–Crippen LogP) is 2.65. The third kappa shape index (κ3) is 1.17. The summed E-state index contributed by atoms with van der Waals surface area (Å²) in [6, 6.07) is 0. The first-order valence-corrected chi connectivity index (χ1v) is 5.73. The Bertz CT molecular complexity index is 234. The van der Waals surface area contributed by atoms with Gasteiger partial charge in [0.05, 0.1) is 5.60 Å². The Labute approximate surface area is 79.8 Å². The van der Waals surface area contributed by atoms with E-state index >= 15 is 0 Å². The zero-order valence-corrected chi connectivity index (χ0v) is 8.13. The monoisotopic (exact) mass is 178 g/mol. The van der Waals surface area contributed by atoms with Crippen LogP contribution in [0.4, 0.5) is 0 Å². The fourth-order valence-corrected chi connectivity index (χ4v) is 2.94. The molecule has 0 aromatic heterocycles. The van der Waals surface area contributed by atoms with E-state index < -0.39 is 0 Å². The van der Waals surface area contributed by atoms with Gasteiger partial charge in [0.25, 0.3) is 0 Å². The smallest absolute Gasteiger partial charge is 0.0912 e. The fourth-order valence-electron chi connectivity index (χ4n) is 2.94. The van der Waals surface area contributed by atoms with Gasteiger partial charge < -0.3 is 5.11 Å². The summed E-state index contributed by atoms with van der Waals surface area (Å²) in [6.07, 6.45) is 11.0. The van der Waals surface area contributed by atoms with Crippen LogP contribution in [0.1, 0.15) is 44.9 Å². The standard InChI is InChI=1S/C12H18O/c13-12(10-5-6-10,11-7-8-11)9-3-1-2-4-9/h3,10-11,13H,1-2,4-8H2. The summed E-state index contributed by atoms with van der Waals surface area (Å²) in [6.45, 7) is 0. The molecule has 1 heteroatoms. The van der Waals surface area contributed by atoms with Crippen LogP contribution in [0.2, 0.25) is 0 Å². The maximum atomic E-state index is 10.7. The van der Waals surface area contributed by atoms with Crippen molar-refractivity contribution in [2.24, 2.45) is 11.8 Å². The van der Waals surface area contributed by atoms with Crippen LogP contribution < -0.4 is 0 Å². The van der Waals surface area contributed by atoms with Gasteiger partial charge in [-0.3, -0.25) is 0 Å². The summed E-state index contributed by atoms with van der Waals surface area (Å²) in [5.41, 5.74) is 1.06. The van der Waals surface area contributed by atoms with E-state index in [0.29, 0.717) is 11.8 Å². The molecule has 0 atom stereocenters. The van der Waals surface area contributed by atoms with Gasteiger partial charge in [0.2, 0.25) is 0 Å². The third-order valence-corrected chi connectivity index (χ3v) is 3.95. The Balaban J connectivity index is 1.87. The number of hydrogen-bond acceptors (Lipinski definition) is 1. The van der Waals surface area contributed by atoms with E-state index in [-0.39, 0.29) is 5.60 Å². The van der Waals surface area contributed by atoms with E-state index in [1.54, 1.807) is 0 Å². The molecule has 0 bridgehead atoms. The second kappa shape index (κ2) is 2.60. The molecule has 13 heavy (non-hydrogen) atoms. The van der Waals surface area contributed by atoms with Gasteiger partial charge in [0.1, 0.15) is 0 Å². The molecule has 3 rings (SSSR count). The Kier molecular flexibility index (Phi) is 1.61. The van der Waals surface area contributed by atoms with Crippen molar-refractivity contribution < 1.29 is 5.11 Å². The van der Waals surface area contributed by atoms with Crippen LogP contribution in [0.25, 0.3) is 0 Å². The molecule has 3 aliphatic rings. The number of hydrogen-bond donors (Lipinski definition) is 1. The lowest BCUT2D eigenvalue weighted by Gasteiger charge is -2.30. The lowest BCUT2D eigenvalue weighted by atomic mass is 9.83. The lowest BCUT2D eigenvalue weighted by Crippen LogP contribution is -2.35. The van der Waals surface area contributed by atoms with Crippen LogP contribution in [-0.4, -0.2) is 10.7 Å². The van der Waals surface area contributed by atoms with Gasteiger partial charge in [0.15, 0.2) is 0 Å². The normalized spacial score (nSPS) is 29.2. The first-order chi connectivity index (χ1) is 6.32. The van der Waals surface area contributed by atoms with Crippen LogP contribution in [0.5, 0.6) is 0 Å². The largest absolute Gasteiger partial charge is 0.385 e. The molecule has 2 saturated carbocycles. The summed E-state index contributed by atoms with van der Waals surface area (Å²) in [7, 11) is 0. The molecule has 0 amide bonds. The second-order valence-corrected chi connectivity index (χ2v) is 5.00. The summed E-state index contributed by atoms with van der Waals surface area (Å²) in [5, 5.41) is 10.7. The SMILES string of the molecule is OC(C1=CCCC1)(C1CC1)C1CC1. The summed E-state index contributed by atoms with van der Waals surface area (Å²) < 4.78 is 0. The van der Waals surface area contributed by atoms with E-state index in [9.17, 15) is 5.11 Å². The predicted molar refractivity (Wildman–Crippen MR) is 52.3 cm³/mol. The zero-order chi connectivity index (χ0) is 8.89. The maximum Gasteiger partial charge on any atom is 0.0912 e. The minimum absolute atomic E-state index is 0.337. The lowest BCUT2D eigenvalue weighted by molar-refractivity contribution is 0.0300. The van der Waals surface area contributed by atoms with Gasteiger partial charge >= 0.3 is 0 Å². The minimum Gasteiger partial charge on any atom is -0.385 e. The van der Waals surface area contributed by atoms with Crippen molar-refractivity contribution in [1.82, 2.24) is 0 Å². The Hall–Kier alpha value is -0.300. The average molecular weight is 178 g/mol. The molecule has 0 heterocycles. The van der Waals surface area contributed by atoms with Crippen molar-refractivity contribution >= 4 is 0 Å². The average Bonchev–Trinajstić information content (AvgIpc) is 3.01. The number of aliphatic hydroxyl groups is 1. The van der Waals surface area contributed by atoms with Crippen LogP contribution in [0.3, 0.4) is 0 Å². The van der Waals surface area contributed by atoms with Crippen LogP contribution in [0.15, 0.2) is 11.6 Å². The van der Waals surface area contributed by atoms with Crippen molar-refractivity contribution in [3.8, 4) is 0 Å². The van der Waals surface area contributed by atoms with E-state index in [4.69, 9.17) is 0 Å². The van der Waals surface area contributed by atoms with E-state index in [2.05, 4.69) is 6.08 Å². The Morgan fingerprint density at radius 1 is 1.15 bits per heavy atom. The number of allylic oxidation sites excluding steroid dienone is 1. The molecular formula is C12H18O. The molecular weight excluding hydrogens is 160 g/mol. The maximum absolute atomic E-state index is 10.7. The molecule has 3 aliphatic carbocycles. The molecule has 0 aromatic rings. The fraction of sp³-hybridized carbons (Fsp3) is 0.833. The van der Waals surface area contributed by atoms with Gasteiger partial charge in [-0.2, -0.15) is 0 Å². The van der Waals surface area contributed by atoms with E-state index in [1.807, 2.05) is 0 Å². The van der Waals surface area contributed by atoms with Gasteiger partial charge in [-0.15, -0.1) is 0 Å². The summed E-state index contributed by atoms with van der Waals surface area (Å²) >= 11 is 0.